The number of aryl methyl sites for hydroxylation is 2. The first-order chi connectivity index (χ1) is 36.3. The lowest BCUT2D eigenvalue weighted by atomic mass is 9.38. The van der Waals surface area contributed by atoms with Crippen molar-refractivity contribution < 1.29 is 0 Å². The van der Waals surface area contributed by atoms with Gasteiger partial charge < -0.3 is 9.38 Å². The fourth-order valence-corrected chi connectivity index (χ4v) is 22.4. The Morgan fingerprint density at radius 2 is 1.22 bits per heavy atom. The van der Waals surface area contributed by atoms with Crippen molar-refractivity contribution in [1.29, 1.82) is 0 Å². The number of rotatable bonds is 5. The van der Waals surface area contributed by atoms with Crippen molar-refractivity contribution in [2.75, 3.05) is 4.90 Å². The second kappa shape index (κ2) is 12.6. The molecule has 8 aromatic carbocycles. The van der Waals surface area contributed by atoms with Gasteiger partial charge in [0, 0.05) is 38.7 Å². The third-order valence-electron chi connectivity index (χ3n) is 24.7. The van der Waals surface area contributed by atoms with Gasteiger partial charge in [-0.15, -0.1) is 0 Å². The molecule has 2 spiro atoms. The van der Waals surface area contributed by atoms with Crippen LogP contribution in [-0.2, 0) is 16.2 Å². The van der Waals surface area contributed by atoms with Gasteiger partial charge >= 0.3 is 6.85 Å². The molecule has 3 heteroatoms. The zero-order valence-corrected chi connectivity index (χ0v) is 42.6. The molecule has 1 aromatic heterocycles. The molecule has 9 saturated carbocycles. The minimum atomic E-state index is -0.547. The van der Waals surface area contributed by atoms with Crippen LogP contribution in [0.2, 0.25) is 0 Å². The first-order valence-corrected chi connectivity index (χ1v) is 28.8. The van der Waals surface area contributed by atoms with Crippen molar-refractivity contribution >= 4 is 56.6 Å². The first kappa shape index (κ1) is 39.8. The van der Waals surface area contributed by atoms with Crippen LogP contribution in [0.3, 0.4) is 0 Å². The Bertz CT molecular complexity index is 4020. The summed E-state index contributed by atoms with van der Waals surface area (Å²) in [7, 11) is 0. The quantitative estimate of drug-likeness (QED) is 0.156. The summed E-state index contributed by atoms with van der Waals surface area (Å²) in [6, 6.07) is 65.8. The Hall–Kier alpha value is -6.58. The fraction of sp³-hybridized carbons (Fsp3) is 0.324. The van der Waals surface area contributed by atoms with Gasteiger partial charge in [0.2, 0.25) is 0 Å². The Balaban J connectivity index is 0.926. The van der Waals surface area contributed by atoms with Crippen molar-refractivity contribution in [2.45, 2.75) is 94.3 Å². The van der Waals surface area contributed by atoms with Crippen molar-refractivity contribution in [3.8, 4) is 22.3 Å². The average molecular weight is 951 g/mol. The SMILES string of the molecule is Cc1cccc(C)c1-c1cc2c3c(c1)N1c4ccccc4C(c4ccccc4)(c4ccccc4)c4cccc(c41)B3n1c3ccc(C45CC6CC7CC(C4)C76C5)cc3c3cc(C45CC6CC7CC6(C4)C7C5)cc-2c31. The van der Waals surface area contributed by atoms with E-state index in [4.69, 9.17) is 0 Å². The second-order valence-corrected chi connectivity index (χ2v) is 26.9. The second-order valence-electron chi connectivity index (χ2n) is 26.9. The smallest absolute Gasteiger partial charge is 0.333 e. The Morgan fingerprint density at radius 3 is 1.96 bits per heavy atom. The molecule has 0 saturated heterocycles. The zero-order chi connectivity index (χ0) is 48.0. The predicted octanol–water partition coefficient (Wildman–Crippen LogP) is 15.3. The summed E-state index contributed by atoms with van der Waals surface area (Å²) in [6.45, 7) is 4.66. The number of benzene rings is 8. The Labute approximate surface area is 434 Å². The van der Waals surface area contributed by atoms with Crippen molar-refractivity contribution in [3.63, 3.8) is 0 Å². The van der Waals surface area contributed by atoms with E-state index in [9.17, 15) is 0 Å². The highest BCUT2D eigenvalue weighted by molar-refractivity contribution is 6.90. The number of aromatic nitrogens is 1. The lowest BCUT2D eigenvalue weighted by Crippen LogP contribution is -2.59. The topological polar surface area (TPSA) is 8.17 Å². The van der Waals surface area contributed by atoms with Gasteiger partial charge in [-0.1, -0.05) is 121 Å². The molecule has 0 amide bonds. The molecule has 2 nitrogen and oxygen atoms in total. The van der Waals surface area contributed by atoms with E-state index < -0.39 is 5.41 Å². The van der Waals surface area contributed by atoms with Gasteiger partial charge in [0.1, 0.15) is 0 Å². The first-order valence-electron chi connectivity index (χ1n) is 28.8. The molecular weight excluding hydrogens is 892 g/mol. The summed E-state index contributed by atoms with van der Waals surface area (Å²) >= 11 is 0. The summed E-state index contributed by atoms with van der Waals surface area (Å²) in [5.74, 6) is 5.82. The van der Waals surface area contributed by atoms with Crippen LogP contribution in [0.4, 0.5) is 17.1 Å². The molecule has 0 radical (unpaired) electrons. The van der Waals surface area contributed by atoms with E-state index in [0.717, 1.165) is 35.5 Å². The number of hydrogen-bond acceptors (Lipinski definition) is 1. The summed E-state index contributed by atoms with van der Waals surface area (Å²) in [6.07, 6.45) is 14.5. The van der Waals surface area contributed by atoms with E-state index in [2.05, 4.69) is 187 Å². The van der Waals surface area contributed by atoms with Crippen LogP contribution in [0.15, 0.2) is 164 Å². The van der Waals surface area contributed by atoms with E-state index in [1.165, 1.54) is 170 Å². The Morgan fingerprint density at radius 1 is 0.514 bits per heavy atom. The summed E-state index contributed by atoms with van der Waals surface area (Å²) in [5.41, 5.74) is 28.1. The van der Waals surface area contributed by atoms with E-state index in [1.54, 1.807) is 11.1 Å². The van der Waals surface area contributed by atoms with E-state index >= 15 is 0 Å². The highest BCUT2D eigenvalue weighted by Crippen LogP contribution is 2.85. The number of para-hydroxylation sites is 2. The van der Waals surface area contributed by atoms with Crippen LogP contribution in [0.25, 0.3) is 44.1 Å². The number of nitrogens with zero attached hydrogens (tertiary/aromatic N) is 2. The molecule has 356 valence electrons. The maximum atomic E-state index is 2.91. The number of fused-ring (bicyclic) bond motifs is 11. The minimum absolute atomic E-state index is 0.0122. The van der Waals surface area contributed by atoms with Crippen molar-refractivity contribution in [2.24, 2.45) is 46.3 Å². The molecule has 9 aromatic rings. The van der Waals surface area contributed by atoms with E-state index in [1.807, 2.05) is 0 Å². The number of anilines is 3. The summed E-state index contributed by atoms with van der Waals surface area (Å²) in [5, 5.41) is 3.04. The zero-order valence-electron chi connectivity index (χ0n) is 42.6. The molecule has 7 unspecified atom stereocenters. The van der Waals surface area contributed by atoms with Gasteiger partial charge in [-0.2, -0.15) is 0 Å². The van der Waals surface area contributed by atoms with Crippen LogP contribution in [0.1, 0.15) is 109 Å². The van der Waals surface area contributed by atoms with Gasteiger partial charge in [-0.3, -0.25) is 0 Å². The predicted molar refractivity (Wildman–Crippen MR) is 302 cm³/mol. The molecule has 21 rings (SSSR count). The van der Waals surface area contributed by atoms with Gasteiger partial charge in [0.15, 0.2) is 0 Å². The average Bonchev–Trinajstić information content (AvgIpc) is 4.31. The van der Waals surface area contributed by atoms with Gasteiger partial charge in [0.05, 0.1) is 11.1 Å². The third-order valence-corrected chi connectivity index (χ3v) is 24.7. The highest BCUT2D eigenvalue weighted by Gasteiger charge is 2.78. The minimum Gasteiger partial charge on any atom is -0.375 e. The summed E-state index contributed by atoms with van der Waals surface area (Å²) < 4.78 is 2.91. The molecule has 3 aliphatic heterocycles. The van der Waals surface area contributed by atoms with Crippen LogP contribution < -0.4 is 15.8 Å². The molecule has 7 atom stereocenters. The molecule has 4 heterocycles. The van der Waals surface area contributed by atoms with Crippen molar-refractivity contribution in [3.05, 3.63) is 208 Å². The molecule has 5 bridgehead atoms. The summed E-state index contributed by atoms with van der Waals surface area (Å²) in [4.78, 5) is 2.75. The molecule has 12 aliphatic rings. The van der Waals surface area contributed by atoms with E-state index in [0.29, 0.717) is 16.2 Å². The molecule has 0 N–H and O–H groups in total. The maximum Gasteiger partial charge on any atom is 0.333 e. The molecule has 9 fully saturated rings. The van der Waals surface area contributed by atoms with Crippen LogP contribution in [0, 0.1) is 60.2 Å². The third kappa shape index (κ3) is 4.13. The fourth-order valence-electron chi connectivity index (χ4n) is 22.4. The molecule has 74 heavy (non-hydrogen) atoms. The highest BCUT2D eigenvalue weighted by atomic mass is 15.2. The van der Waals surface area contributed by atoms with Gasteiger partial charge in [-0.05, 0) is 250 Å². The van der Waals surface area contributed by atoms with Crippen LogP contribution in [-0.4, -0.2) is 11.3 Å². The normalized spacial score (nSPS) is 33.0. The molecular formula is C71H59BN2. The van der Waals surface area contributed by atoms with Crippen LogP contribution >= 0.6 is 0 Å². The molecule has 9 aliphatic carbocycles. The monoisotopic (exact) mass is 950 g/mol. The van der Waals surface area contributed by atoms with Crippen molar-refractivity contribution in [1.82, 2.24) is 4.48 Å². The van der Waals surface area contributed by atoms with Gasteiger partial charge in [0.25, 0.3) is 0 Å². The lowest BCUT2D eigenvalue weighted by Gasteiger charge is -2.66. The standard InChI is InChI=1S/C71H59BN2/c1-40-13-11-14-41(2)63(40)42-26-53-55-32-47(68-34-49-25-43-33-69(49,38-68)58(43)37-68)31-54-52-30-46(67-35-50-28-48-29-51(36-67)70(48,50)39-67)23-24-60(52)74(65(54)55)72-59-21-12-20-57-66(59)73(62(27-42)64(53)72)61-22-10-9-19-56(61)71(57,44-15-5-3-6-16-44)45-17-7-4-8-18-45/h3-24,26-27,30-32,43,48-51,58H,25,28-29,33-39H2,1-2H3. The van der Waals surface area contributed by atoms with Crippen LogP contribution in [0.5, 0.6) is 0 Å². The van der Waals surface area contributed by atoms with Gasteiger partial charge in [-0.25, -0.2) is 0 Å². The lowest BCUT2D eigenvalue weighted by molar-refractivity contribution is -0.175. The maximum absolute atomic E-state index is 2.91. The largest absolute Gasteiger partial charge is 0.375 e. The van der Waals surface area contributed by atoms with E-state index in [-0.39, 0.29) is 12.3 Å². The Kier molecular flexibility index (Phi) is 6.76. The number of hydrogen-bond donors (Lipinski definition) is 0.